The van der Waals surface area contributed by atoms with Gasteiger partial charge < -0.3 is 5.32 Å². The van der Waals surface area contributed by atoms with Crippen LogP contribution in [0.4, 0.5) is 11.4 Å². The van der Waals surface area contributed by atoms with Gasteiger partial charge in [0.15, 0.2) is 0 Å². The molecule has 0 amide bonds. The lowest BCUT2D eigenvalue weighted by atomic mass is 10.1. The fourth-order valence-corrected chi connectivity index (χ4v) is 3.05. The van der Waals surface area contributed by atoms with Crippen molar-refractivity contribution >= 4 is 22.4 Å². The van der Waals surface area contributed by atoms with E-state index in [1.165, 1.54) is 12.1 Å². The van der Waals surface area contributed by atoms with Gasteiger partial charge in [-0.05, 0) is 23.8 Å². The van der Waals surface area contributed by atoms with Crippen molar-refractivity contribution in [3.05, 3.63) is 94.5 Å². The average molecular weight is 359 g/mol. The van der Waals surface area contributed by atoms with Gasteiger partial charge in [-0.2, -0.15) is 0 Å². The Morgan fingerprint density at radius 2 is 1.78 bits per heavy atom. The number of nitrogens with one attached hydrogen (secondary N) is 1. The first kappa shape index (κ1) is 16.7. The number of nitro benzene ring substituents is 1. The van der Waals surface area contributed by atoms with Gasteiger partial charge >= 0.3 is 0 Å². The molecule has 1 unspecified atom stereocenters. The van der Waals surface area contributed by atoms with Crippen molar-refractivity contribution in [2.75, 3.05) is 5.32 Å². The van der Waals surface area contributed by atoms with E-state index >= 15 is 0 Å². The Morgan fingerprint density at radius 1 is 1.00 bits per heavy atom. The average Bonchev–Trinajstić information content (AvgIpc) is 3.13. The molecule has 0 saturated heterocycles. The standard InChI is InChI=1S/C20H17N5O2/c26-25(27)17-10-6-9-16(14-17)21-20(13-15-7-2-1-3-8-15)24-19-12-5-4-11-18(19)22-23-24/h1-12,14,20-21H,13H2. The van der Waals surface area contributed by atoms with Gasteiger partial charge in [0.1, 0.15) is 11.7 Å². The fourth-order valence-electron chi connectivity index (χ4n) is 3.05. The summed E-state index contributed by atoms with van der Waals surface area (Å²) in [5, 5.41) is 23.0. The highest BCUT2D eigenvalue weighted by Crippen LogP contribution is 2.24. The number of hydrogen-bond donors (Lipinski definition) is 1. The van der Waals surface area contributed by atoms with Gasteiger partial charge in [-0.1, -0.05) is 53.7 Å². The third-order valence-electron chi connectivity index (χ3n) is 4.33. The van der Waals surface area contributed by atoms with Crippen molar-refractivity contribution in [1.29, 1.82) is 0 Å². The van der Waals surface area contributed by atoms with Gasteiger partial charge in [-0.3, -0.25) is 10.1 Å². The van der Waals surface area contributed by atoms with Crippen molar-refractivity contribution in [3.8, 4) is 0 Å². The van der Waals surface area contributed by atoms with Crippen molar-refractivity contribution in [2.45, 2.75) is 12.6 Å². The highest BCUT2D eigenvalue weighted by Gasteiger charge is 2.17. The zero-order valence-corrected chi connectivity index (χ0v) is 14.4. The van der Waals surface area contributed by atoms with Crippen LogP contribution >= 0.6 is 0 Å². The van der Waals surface area contributed by atoms with Crippen molar-refractivity contribution in [3.63, 3.8) is 0 Å². The van der Waals surface area contributed by atoms with E-state index in [0.29, 0.717) is 12.1 Å². The Labute approximate surface area is 155 Å². The molecule has 7 nitrogen and oxygen atoms in total. The number of anilines is 1. The molecule has 4 rings (SSSR count). The van der Waals surface area contributed by atoms with Crippen molar-refractivity contribution in [1.82, 2.24) is 15.0 Å². The van der Waals surface area contributed by atoms with E-state index in [-0.39, 0.29) is 11.9 Å². The largest absolute Gasteiger partial charge is 0.363 e. The summed E-state index contributed by atoms with van der Waals surface area (Å²) < 4.78 is 1.82. The second-order valence-corrected chi connectivity index (χ2v) is 6.18. The number of hydrogen-bond acceptors (Lipinski definition) is 5. The van der Waals surface area contributed by atoms with Crippen LogP contribution in [0.15, 0.2) is 78.9 Å². The van der Waals surface area contributed by atoms with Gasteiger partial charge in [0.2, 0.25) is 0 Å². The maximum Gasteiger partial charge on any atom is 0.271 e. The van der Waals surface area contributed by atoms with Crippen LogP contribution in [0.3, 0.4) is 0 Å². The summed E-state index contributed by atoms with van der Waals surface area (Å²) in [4.78, 5) is 10.7. The van der Waals surface area contributed by atoms with Crippen LogP contribution in [0.25, 0.3) is 11.0 Å². The minimum atomic E-state index is -0.401. The van der Waals surface area contributed by atoms with Gasteiger partial charge in [0.25, 0.3) is 5.69 Å². The summed E-state index contributed by atoms with van der Waals surface area (Å²) >= 11 is 0. The predicted octanol–water partition coefficient (Wildman–Crippen LogP) is 4.19. The molecule has 4 aromatic rings. The molecule has 3 aromatic carbocycles. The molecule has 1 atom stereocenters. The van der Waals surface area contributed by atoms with Gasteiger partial charge in [0.05, 0.1) is 10.4 Å². The number of rotatable bonds is 6. The number of nitro groups is 1. The molecule has 0 aliphatic heterocycles. The van der Waals surface area contributed by atoms with Gasteiger partial charge in [0, 0.05) is 24.2 Å². The SMILES string of the molecule is O=[N+]([O-])c1cccc(NC(Cc2ccccc2)n2nnc3ccccc32)c1. The number of para-hydroxylation sites is 1. The first-order valence-electron chi connectivity index (χ1n) is 8.55. The molecule has 0 radical (unpaired) electrons. The third kappa shape index (κ3) is 3.62. The van der Waals surface area contributed by atoms with Crippen LogP contribution in [-0.4, -0.2) is 19.9 Å². The van der Waals surface area contributed by atoms with E-state index in [2.05, 4.69) is 15.6 Å². The highest BCUT2D eigenvalue weighted by atomic mass is 16.6. The van der Waals surface area contributed by atoms with E-state index in [0.717, 1.165) is 16.6 Å². The third-order valence-corrected chi connectivity index (χ3v) is 4.33. The summed E-state index contributed by atoms with van der Waals surface area (Å²) in [7, 11) is 0. The number of nitrogens with zero attached hydrogens (tertiary/aromatic N) is 4. The van der Waals surface area contributed by atoms with E-state index < -0.39 is 4.92 Å². The first-order chi connectivity index (χ1) is 13.2. The highest BCUT2D eigenvalue weighted by molar-refractivity contribution is 5.74. The monoisotopic (exact) mass is 359 g/mol. The normalized spacial score (nSPS) is 12.0. The number of benzene rings is 3. The van der Waals surface area contributed by atoms with Gasteiger partial charge in [-0.15, -0.1) is 5.10 Å². The predicted molar refractivity (Wildman–Crippen MR) is 103 cm³/mol. The Balaban J connectivity index is 1.72. The molecule has 0 fully saturated rings. The summed E-state index contributed by atoms with van der Waals surface area (Å²) in [6, 6.07) is 24.2. The van der Waals surface area contributed by atoms with E-state index in [1.54, 1.807) is 6.07 Å². The molecule has 7 heteroatoms. The number of fused-ring (bicyclic) bond motifs is 1. The van der Waals surface area contributed by atoms with Crippen LogP contribution in [0.2, 0.25) is 0 Å². The molecule has 0 saturated carbocycles. The Kier molecular flexibility index (Phi) is 4.49. The molecule has 0 bridgehead atoms. The van der Waals surface area contributed by atoms with Crippen LogP contribution in [0.5, 0.6) is 0 Å². The maximum absolute atomic E-state index is 11.1. The van der Waals surface area contributed by atoms with Crippen molar-refractivity contribution < 1.29 is 4.92 Å². The molecule has 1 heterocycles. The topological polar surface area (TPSA) is 85.9 Å². The second-order valence-electron chi connectivity index (χ2n) is 6.18. The number of non-ortho nitro benzene ring substituents is 1. The summed E-state index contributed by atoms with van der Waals surface area (Å²) in [5.74, 6) is 0. The van der Waals surface area contributed by atoms with E-state index in [4.69, 9.17) is 0 Å². The molecule has 1 aromatic heterocycles. The summed E-state index contributed by atoms with van der Waals surface area (Å²) in [5.41, 5.74) is 3.53. The minimum Gasteiger partial charge on any atom is -0.363 e. The van der Waals surface area contributed by atoms with Crippen LogP contribution in [0, 0.1) is 10.1 Å². The first-order valence-corrected chi connectivity index (χ1v) is 8.55. The molecule has 0 aliphatic carbocycles. The Bertz CT molecular complexity index is 1080. The summed E-state index contributed by atoms with van der Waals surface area (Å²) in [6.07, 6.45) is 0.401. The Hall–Kier alpha value is -3.74. The molecule has 27 heavy (non-hydrogen) atoms. The lowest BCUT2D eigenvalue weighted by Gasteiger charge is -2.21. The lowest BCUT2D eigenvalue weighted by Crippen LogP contribution is -2.22. The Morgan fingerprint density at radius 3 is 2.59 bits per heavy atom. The van der Waals surface area contributed by atoms with E-state index in [9.17, 15) is 10.1 Å². The zero-order chi connectivity index (χ0) is 18.6. The molecular formula is C20H17N5O2. The smallest absolute Gasteiger partial charge is 0.271 e. The fraction of sp³-hybridized carbons (Fsp3) is 0.100. The second kappa shape index (κ2) is 7.25. The summed E-state index contributed by atoms with van der Waals surface area (Å²) in [6.45, 7) is 0. The maximum atomic E-state index is 11.1. The molecular weight excluding hydrogens is 342 g/mol. The molecule has 1 N–H and O–H groups in total. The molecule has 0 aliphatic rings. The van der Waals surface area contributed by atoms with Crippen LogP contribution in [0.1, 0.15) is 11.7 Å². The zero-order valence-electron chi connectivity index (χ0n) is 14.4. The molecule has 134 valence electrons. The van der Waals surface area contributed by atoms with Crippen LogP contribution < -0.4 is 5.32 Å². The van der Waals surface area contributed by atoms with E-state index in [1.807, 2.05) is 65.3 Å². The lowest BCUT2D eigenvalue weighted by molar-refractivity contribution is -0.384. The van der Waals surface area contributed by atoms with Crippen molar-refractivity contribution in [2.24, 2.45) is 0 Å². The number of aromatic nitrogens is 3. The molecule has 0 spiro atoms. The van der Waals surface area contributed by atoms with Crippen LogP contribution in [-0.2, 0) is 6.42 Å². The van der Waals surface area contributed by atoms with Gasteiger partial charge in [-0.25, -0.2) is 4.68 Å². The minimum absolute atomic E-state index is 0.0434. The quantitative estimate of drug-likeness (QED) is 0.412.